The molecule has 4 nitrogen and oxygen atoms in total. The fourth-order valence-electron chi connectivity index (χ4n) is 4.69. The highest BCUT2D eigenvalue weighted by atomic mass is 19.1. The number of carbonyl (C=O) groups is 1. The highest BCUT2D eigenvalue weighted by Gasteiger charge is 2.59. The smallest absolute Gasteiger partial charge is 0.315 e. The number of hydrogen-bond acceptors (Lipinski definition) is 2. The quantitative estimate of drug-likeness (QED) is 0.881. The van der Waals surface area contributed by atoms with E-state index in [4.69, 9.17) is 4.74 Å². The molecule has 4 atom stereocenters. The Hall–Kier alpha value is -1.62. The van der Waals surface area contributed by atoms with Gasteiger partial charge in [0.05, 0.1) is 12.1 Å². The molecule has 5 heteroatoms. The number of amides is 2. The fourth-order valence-corrected chi connectivity index (χ4v) is 4.69. The summed E-state index contributed by atoms with van der Waals surface area (Å²) in [6, 6.07) is 4.83. The summed E-state index contributed by atoms with van der Waals surface area (Å²) in [7, 11) is 0. The molecule has 0 radical (unpaired) electrons. The van der Waals surface area contributed by atoms with Gasteiger partial charge in [-0.3, -0.25) is 0 Å². The van der Waals surface area contributed by atoms with Crippen molar-refractivity contribution in [3.05, 3.63) is 35.1 Å². The zero-order chi connectivity index (χ0) is 16.2. The lowest BCUT2D eigenvalue weighted by molar-refractivity contribution is -0.108. The summed E-state index contributed by atoms with van der Waals surface area (Å²) in [4.78, 5) is 12.4. The lowest BCUT2D eigenvalue weighted by Gasteiger charge is -2.54. The first-order valence-corrected chi connectivity index (χ1v) is 8.44. The molecule has 1 aromatic rings. The Morgan fingerprint density at radius 1 is 1.30 bits per heavy atom. The predicted octanol–water partition coefficient (Wildman–Crippen LogP) is 2.93. The van der Waals surface area contributed by atoms with Gasteiger partial charge in [0.25, 0.3) is 0 Å². The minimum atomic E-state index is -0.211. The van der Waals surface area contributed by atoms with Gasteiger partial charge in [-0.25, -0.2) is 9.18 Å². The van der Waals surface area contributed by atoms with E-state index >= 15 is 0 Å². The second-order valence-electron chi connectivity index (χ2n) is 7.60. The van der Waals surface area contributed by atoms with Gasteiger partial charge in [-0.15, -0.1) is 0 Å². The van der Waals surface area contributed by atoms with Gasteiger partial charge in [-0.2, -0.15) is 0 Å². The van der Waals surface area contributed by atoms with Gasteiger partial charge in [0, 0.05) is 24.0 Å². The van der Waals surface area contributed by atoms with Crippen LogP contribution in [0.25, 0.3) is 0 Å². The molecule has 4 rings (SSSR count). The van der Waals surface area contributed by atoms with Crippen LogP contribution in [0, 0.1) is 17.2 Å². The van der Waals surface area contributed by atoms with E-state index < -0.39 is 0 Å². The number of carbonyl (C=O) groups excluding carboxylic acids is 1. The van der Waals surface area contributed by atoms with Crippen LogP contribution in [0.4, 0.5) is 9.18 Å². The average Bonchev–Trinajstić information content (AvgIpc) is 3.11. The second kappa shape index (κ2) is 5.20. The van der Waals surface area contributed by atoms with Gasteiger partial charge in [-0.1, -0.05) is 19.9 Å². The highest BCUT2D eigenvalue weighted by molar-refractivity contribution is 5.75. The molecule has 23 heavy (non-hydrogen) atoms. The number of ether oxygens (including phenoxy) is 1. The topological polar surface area (TPSA) is 50.4 Å². The number of aryl methyl sites for hydroxylation is 1. The zero-order valence-corrected chi connectivity index (χ0v) is 13.6. The van der Waals surface area contributed by atoms with Gasteiger partial charge in [-0.05, 0) is 42.5 Å². The van der Waals surface area contributed by atoms with Crippen LogP contribution in [-0.2, 0) is 11.2 Å². The van der Waals surface area contributed by atoms with Crippen LogP contribution in [0.2, 0.25) is 0 Å². The zero-order valence-electron chi connectivity index (χ0n) is 13.6. The third-order valence-electron chi connectivity index (χ3n) is 5.88. The number of rotatable bonds is 2. The molecular weight excluding hydrogens is 295 g/mol. The van der Waals surface area contributed by atoms with Crippen molar-refractivity contribution in [2.24, 2.45) is 11.3 Å². The van der Waals surface area contributed by atoms with Gasteiger partial charge >= 0.3 is 6.03 Å². The normalized spacial score (nSPS) is 33.5. The summed E-state index contributed by atoms with van der Waals surface area (Å²) in [5.41, 5.74) is 2.02. The Kier molecular flexibility index (Phi) is 3.38. The SMILES string of the molecule is CC1(C)[C@H](NC(=O)N[C@@H]2CCc3cc(F)ccc32)[C@@H]2CCO[C@H]21. The van der Waals surface area contributed by atoms with Crippen LogP contribution < -0.4 is 10.6 Å². The number of nitrogens with one attached hydrogen (secondary N) is 2. The van der Waals surface area contributed by atoms with Gasteiger partial charge < -0.3 is 15.4 Å². The van der Waals surface area contributed by atoms with Crippen molar-refractivity contribution in [2.45, 2.75) is 51.3 Å². The van der Waals surface area contributed by atoms with Crippen LogP contribution in [0.3, 0.4) is 0 Å². The summed E-state index contributed by atoms with van der Waals surface area (Å²) in [5, 5.41) is 6.20. The number of halogens is 1. The average molecular weight is 318 g/mol. The molecule has 2 fully saturated rings. The maximum Gasteiger partial charge on any atom is 0.315 e. The number of urea groups is 1. The molecule has 0 spiro atoms. The summed E-state index contributed by atoms with van der Waals surface area (Å²) in [6.07, 6.45) is 2.92. The van der Waals surface area contributed by atoms with E-state index in [1.165, 1.54) is 6.07 Å². The largest absolute Gasteiger partial charge is 0.377 e. The Morgan fingerprint density at radius 3 is 2.96 bits per heavy atom. The Bertz CT molecular complexity index is 646. The van der Waals surface area contributed by atoms with Gasteiger partial charge in [0.1, 0.15) is 5.82 Å². The molecule has 1 aromatic carbocycles. The van der Waals surface area contributed by atoms with E-state index in [0.29, 0.717) is 5.92 Å². The van der Waals surface area contributed by atoms with Crippen molar-refractivity contribution in [3.63, 3.8) is 0 Å². The van der Waals surface area contributed by atoms with E-state index in [0.717, 1.165) is 37.0 Å². The molecule has 3 aliphatic rings. The number of hydrogen-bond donors (Lipinski definition) is 2. The van der Waals surface area contributed by atoms with Crippen molar-refractivity contribution in [2.75, 3.05) is 6.61 Å². The monoisotopic (exact) mass is 318 g/mol. The molecule has 2 amide bonds. The molecule has 1 saturated carbocycles. The lowest BCUT2D eigenvalue weighted by Crippen LogP contribution is -2.67. The Morgan fingerprint density at radius 2 is 2.13 bits per heavy atom. The molecule has 2 N–H and O–H groups in total. The van der Waals surface area contributed by atoms with E-state index in [2.05, 4.69) is 24.5 Å². The number of fused-ring (bicyclic) bond motifs is 2. The summed E-state index contributed by atoms with van der Waals surface area (Å²) in [6.45, 7) is 5.09. The van der Waals surface area contributed by atoms with Crippen molar-refractivity contribution < 1.29 is 13.9 Å². The molecule has 124 valence electrons. The summed E-state index contributed by atoms with van der Waals surface area (Å²) < 4.78 is 19.0. The predicted molar refractivity (Wildman–Crippen MR) is 84.5 cm³/mol. The minimum Gasteiger partial charge on any atom is -0.377 e. The minimum absolute atomic E-state index is 0.0186. The van der Waals surface area contributed by atoms with Crippen molar-refractivity contribution in [1.29, 1.82) is 0 Å². The van der Waals surface area contributed by atoms with Crippen molar-refractivity contribution in [1.82, 2.24) is 10.6 Å². The molecule has 2 aliphatic carbocycles. The maximum absolute atomic E-state index is 13.3. The van der Waals surface area contributed by atoms with Crippen LogP contribution >= 0.6 is 0 Å². The maximum atomic E-state index is 13.3. The van der Waals surface area contributed by atoms with E-state index in [9.17, 15) is 9.18 Å². The molecule has 0 bridgehead atoms. The molecule has 1 heterocycles. The van der Waals surface area contributed by atoms with Gasteiger partial charge in [0.2, 0.25) is 0 Å². The number of benzene rings is 1. The van der Waals surface area contributed by atoms with E-state index in [-0.39, 0.29) is 35.5 Å². The summed E-state index contributed by atoms with van der Waals surface area (Å²) >= 11 is 0. The molecule has 0 aromatic heterocycles. The Balaban J connectivity index is 1.40. The van der Waals surface area contributed by atoms with E-state index in [1.807, 2.05) is 0 Å². The van der Waals surface area contributed by atoms with Crippen LogP contribution in [0.1, 0.15) is 43.9 Å². The second-order valence-corrected chi connectivity index (χ2v) is 7.60. The third kappa shape index (κ3) is 2.33. The van der Waals surface area contributed by atoms with Crippen molar-refractivity contribution in [3.8, 4) is 0 Å². The van der Waals surface area contributed by atoms with Crippen molar-refractivity contribution >= 4 is 6.03 Å². The standard InChI is InChI=1S/C18H23FN2O2/c1-18(2)15(13-7-8-23-16(13)18)21-17(22)20-14-6-3-10-9-11(19)4-5-12(10)14/h4-5,9,13-16H,3,6-8H2,1-2H3,(H2,20,21,22)/t13-,14+,15+,16+/m0/s1. The fraction of sp³-hybridized carbons (Fsp3) is 0.611. The first kappa shape index (κ1) is 14.9. The molecule has 1 saturated heterocycles. The van der Waals surface area contributed by atoms with E-state index in [1.54, 1.807) is 12.1 Å². The van der Waals surface area contributed by atoms with Crippen LogP contribution in [0.5, 0.6) is 0 Å². The molecular formula is C18H23FN2O2. The van der Waals surface area contributed by atoms with Crippen LogP contribution in [-0.4, -0.2) is 24.8 Å². The highest BCUT2D eigenvalue weighted by Crippen LogP contribution is 2.52. The summed E-state index contributed by atoms with van der Waals surface area (Å²) in [5.74, 6) is 0.220. The van der Waals surface area contributed by atoms with Gasteiger partial charge in [0.15, 0.2) is 0 Å². The lowest BCUT2D eigenvalue weighted by atomic mass is 9.57. The molecule has 0 unspecified atom stereocenters. The molecule has 1 aliphatic heterocycles. The Labute approximate surface area is 135 Å². The first-order chi connectivity index (χ1) is 11.0. The van der Waals surface area contributed by atoms with Crippen LogP contribution in [0.15, 0.2) is 18.2 Å². The first-order valence-electron chi connectivity index (χ1n) is 8.44. The third-order valence-corrected chi connectivity index (χ3v) is 5.88.